The number of carbonyl (C=O) groups excluding carboxylic acids is 1. The Bertz CT molecular complexity index is 585. The van der Waals surface area contributed by atoms with Crippen molar-refractivity contribution in [2.45, 2.75) is 32.4 Å². The van der Waals surface area contributed by atoms with Crippen molar-refractivity contribution in [2.75, 3.05) is 14.2 Å². The quantitative estimate of drug-likeness (QED) is 0.720. The van der Waals surface area contributed by atoms with Gasteiger partial charge in [0.25, 0.3) is 0 Å². The van der Waals surface area contributed by atoms with Gasteiger partial charge in [0.1, 0.15) is 0 Å². The fourth-order valence-electron chi connectivity index (χ4n) is 2.41. The van der Waals surface area contributed by atoms with Gasteiger partial charge in [-0.15, -0.1) is 0 Å². The summed E-state index contributed by atoms with van der Waals surface area (Å²) in [5.74, 6) is 0.508. The topological polar surface area (TPSA) is 38.8 Å². The van der Waals surface area contributed by atoms with Gasteiger partial charge in [-0.1, -0.05) is 12.1 Å². The molecule has 1 unspecified atom stereocenters. The van der Waals surface area contributed by atoms with Crippen LogP contribution < -0.4 is 9.47 Å². The molecule has 0 saturated heterocycles. The summed E-state index contributed by atoms with van der Waals surface area (Å²) in [6, 6.07) is 4.94. The van der Waals surface area contributed by atoms with Gasteiger partial charge < -0.3 is 14.4 Å². The molecule has 1 atom stereocenters. The first-order valence-corrected chi connectivity index (χ1v) is 7.50. The summed E-state index contributed by atoms with van der Waals surface area (Å²) in [4.78, 5) is 13.9. The van der Waals surface area contributed by atoms with Crippen molar-refractivity contribution >= 4 is 12.0 Å². The van der Waals surface area contributed by atoms with E-state index in [-0.39, 0.29) is 23.4 Å². The summed E-state index contributed by atoms with van der Waals surface area (Å²) in [5.41, 5.74) is 0.366. The number of hydrogen-bond acceptors (Lipinski definition) is 3. The van der Waals surface area contributed by atoms with Crippen molar-refractivity contribution in [3.8, 4) is 11.5 Å². The normalized spacial score (nSPS) is 15.7. The first-order chi connectivity index (χ1) is 10.9. The number of halogens is 2. The minimum Gasteiger partial charge on any atom is -0.493 e. The number of methoxy groups -OCH3 is 1. The first-order valence-electron chi connectivity index (χ1n) is 7.50. The zero-order valence-electron chi connectivity index (χ0n) is 13.5. The second-order valence-corrected chi connectivity index (χ2v) is 5.62. The Morgan fingerprint density at radius 3 is 2.65 bits per heavy atom. The van der Waals surface area contributed by atoms with Gasteiger partial charge in [0.05, 0.1) is 7.11 Å². The fraction of sp³-hybridized carbons (Fsp3) is 0.471. The summed E-state index contributed by atoms with van der Waals surface area (Å²) in [7, 11) is 3.12. The number of ether oxygens (including phenoxy) is 2. The maximum atomic E-state index is 12.6. The Labute approximate surface area is 134 Å². The van der Waals surface area contributed by atoms with Crippen molar-refractivity contribution in [3.05, 3.63) is 29.8 Å². The average molecular weight is 325 g/mol. The van der Waals surface area contributed by atoms with Gasteiger partial charge in [-0.25, -0.2) is 0 Å². The van der Waals surface area contributed by atoms with E-state index in [0.717, 1.165) is 12.8 Å². The molecule has 1 saturated carbocycles. The number of para-hydroxylation sites is 1. The van der Waals surface area contributed by atoms with Gasteiger partial charge in [-0.05, 0) is 37.8 Å². The summed E-state index contributed by atoms with van der Waals surface area (Å²) in [6.07, 6.45) is 5.13. The fourth-order valence-corrected chi connectivity index (χ4v) is 2.41. The lowest BCUT2D eigenvalue weighted by Gasteiger charge is -2.23. The third-order valence-electron chi connectivity index (χ3n) is 4.10. The molecule has 1 fully saturated rings. The highest BCUT2D eigenvalue weighted by Gasteiger charge is 2.31. The van der Waals surface area contributed by atoms with Crippen molar-refractivity contribution in [1.29, 1.82) is 0 Å². The van der Waals surface area contributed by atoms with Crippen LogP contribution in [0.25, 0.3) is 6.08 Å². The number of nitrogens with zero attached hydrogens (tertiary/aromatic N) is 1. The van der Waals surface area contributed by atoms with Crippen molar-refractivity contribution in [2.24, 2.45) is 5.92 Å². The Morgan fingerprint density at radius 1 is 1.39 bits per heavy atom. The van der Waals surface area contributed by atoms with E-state index in [0.29, 0.717) is 11.5 Å². The van der Waals surface area contributed by atoms with Gasteiger partial charge in [0.2, 0.25) is 5.91 Å². The molecule has 0 heterocycles. The largest absolute Gasteiger partial charge is 0.493 e. The zero-order chi connectivity index (χ0) is 17.0. The number of rotatable bonds is 7. The van der Waals surface area contributed by atoms with Crippen LogP contribution in [0.4, 0.5) is 8.78 Å². The number of carbonyl (C=O) groups is 1. The summed E-state index contributed by atoms with van der Waals surface area (Å²) >= 11 is 0. The van der Waals surface area contributed by atoms with Crippen LogP contribution in [0.2, 0.25) is 0 Å². The van der Waals surface area contributed by atoms with Crippen molar-refractivity contribution < 1.29 is 23.0 Å². The third kappa shape index (κ3) is 4.43. The molecule has 0 spiro atoms. The van der Waals surface area contributed by atoms with Crippen LogP contribution in [0.1, 0.15) is 25.3 Å². The van der Waals surface area contributed by atoms with Gasteiger partial charge in [0, 0.05) is 24.7 Å². The molecule has 1 aromatic carbocycles. The molecule has 0 aromatic heterocycles. The predicted octanol–water partition coefficient (Wildman–Crippen LogP) is 3.57. The van der Waals surface area contributed by atoms with Gasteiger partial charge in [0.15, 0.2) is 11.5 Å². The molecule has 4 nitrogen and oxygen atoms in total. The van der Waals surface area contributed by atoms with Crippen LogP contribution in [0.3, 0.4) is 0 Å². The molecule has 23 heavy (non-hydrogen) atoms. The molecule has 0 N–H and O–H groups in total. The van der Waals surface area contributed by atoms with Crippen LogP contribution in [-0.4, -0.2) is 37.6 Å². The lowest BCUT2D eigenvalue weighted by molar-refractivity contribution is -0.126. The smallest absolute Gasteiger partial charge is 0.387 e. The maximum absolute atomic E-state index is 12.6. The van der Waals surface area contributed by atoms with Crippen LogP contribution in [0.15, 0.2) is 24.3 Å². The van der Waals surface area contributed by atoms with E-state index in [1.54, 1.807) is 24.1 Å². The summed E-state index contributed by atoms with van der Waals surface area (Å²) in [6.45, 7) is -0.952. The van der Waals surface area contributed by atoms with E-state index in [1.807, 2.05) is 6.92 Å². The highest BCUT2D eigenvalue weighted by Crippen LogP contribution is 2.35. The van der Waals surface area contributed by atoms with Crippen LogP contribution in [-0.2, 0) is 4.79 Å². The van der Waals surface area contributed by atoms with Gasteiger partial charge in [-0.2, -0.15) is 8.78 Å². The average Bonchev–Trinajstić information content (AvgIpc) is 3.36. The zero-order valence-corrected chi connectivity index (χ0v) is 13.5. The number of benzene rings is 1. The number of alkyl halides is 2. The van der Waals surface area contributed by atoms with E-state index in [1.165, 1.54) is 25.3 Å². The highest BCUT2D eigenvalue weighted by atomic mass is 19.3. The van der Waals surface area contributed by atoms with Crippen LogP contribution in [0, 0.1) is 5.92 Å². The lowest BCUT2D eigenvalue weighted by atomic mass is 10.1. The molecule has 0 radical (unpaired) electrons. The van der Waals surface area contributed by atoms with Gasteiger partial charge in [-0.3, -0.25) is 4.79 Å². The predicted molar refractivity (Wildman–Crippen MR) is 83.6 cm³/mol. The van der Waals surface area contributed by atoms with E-state index >= 15 is 0 Å². The second-order valence-electron chi connectivity index (χ2n) is 5.62. The molecule has 2 rings (SSSR count). The molecular formula is C17H21F2NO3. The standard InChI is InChI=1S/C17H21F2NO3/c1-11(12-7-8-12)20(2)15(21)10-9-13-5-4-6-14(22-3)16(13)23-17(18)19/h4-6,9-12,17H,7-8H2,1-3H3/b10-9+. The molecule has 0 aliphatic heterocycles. The SMILES string of the molecule is COc1cccc(/C=C/C(=O)N(C)C(C)C2CC2)c1OC(F)F. The highest BCUT2D eigenvalue weighted by molar-refractivity contribution is 5.92. The number of likely N-dealkylation sites (N-methyl/N-ethyl adjacent to an activating group) is 1. The molecule has 0 bridgehead atoms. The summed E-state index contributed by atoms with van der Waals surface area (Å²) in [5, 5.41) is 0. The van der Waals surface area contributed by atoms with Crippen molar-refractivity contribution in [1.82, 2.24) is 4.90 Å². The molecule has 1 aliphatic rings. The molecule has 6 heteroatoms. The third-order valence-corrected chi connectivity index (χ3v) is 4.10. The van der Waals surface area contributed by atoms with Crippen molar-refractivity contribution in [3.63, 3.8) is 0 Å². The summed E-state index contributed by atoms with van der Waals surface area (Å²) < 4.78 is 34.7. The molecule has 1 aromatic rings. The van der Waals surface area contributed by atoms with E-state index in [4.69, 9.17) is 4.74 Å². The minimum atomic E-state index is -2.97. The molecule has 126 valence electrons. The van der Waals surface area contributed by atoms with E-state index in [9.17, 15) is 13.6 Å². The first kappa shape index (κ1) is 17.2. The van der Waals surface area contributed by atoms with E-state index < -0.39 is 6.61 Å². The minimum absolute atomic E-state index is 0.0769. The van der Waals surface area contributed by atoms with E-state index in [2.05, 4.69) is 4.74 Å². The van der Waals surface area contributed by atoms with Gasteiger partial charge >= 0.3 is 6.61 Å². The molecule has 1 amide bonds. The Balaban J connectivity index is 2.16. The number of amides is 1. The number of hydrogen-bond donors (Lipinski definition) is 0. The van der Waals surface area contributed by atoms with Crippen LogP contribution in [0.5, 0.6) is 11.5 Å². The Kier molecular flexibility index (Phi) is 5.58. The molecular weight excluding hydrogens is 304 g/mol. The maximum Gasteiger partial charge on any atom is 0.387 e. The Morgan fingerprint density at radius 2 is 2.09 bits per heavy atom. The monoisotopic (exact) mass is 325 g/mol. The Hall–Kier alpha value is -2.11. The second kappa shape index (κ2) is 7.44. The lowest BCUT2D eigenvalue weighted by Crippen LogP contribution is -2.35. The van der Waals surface area contributed by atoms with Crippen LogP contribution >= 0.6 is 0 Å². The molecule has 1 aliphatic carbocycles.